The number of hydrogen-bond acceptors (Lipinski definition) is 16. The van der Waals surface area contributed by atoms with Crippen molar-refractivity contribution in [2.75, 3.05) is 24.7 Å². The van der Waals surface area contributed by atoms with Crippen LogP contribution in [0.5, 0.6) is 0 Å². The van der Waals surface area contributed by atoms with Crippen molar-refractivity contribution in [2.24, 2.45) is 0 Å². The van der Waals surface area contributed by atoms with Gasteiger partial charge in [0, 0.05) is 0 Å². The lowest BCUT2D eigenvalue weighted by Gasteiger charge is -2.27. The molecule has 42 heavy (non-hydrogen) atoms. The summed E-state index contributed by atoms with van der Waals surface area (Å²) >= 11 is 0. The summed E-state index contributed by atoms with van der Waals surface area (Å²) in [6.07, 6.45) is -9.68. The first-order valence-electron chi connectivity index (χ1n) is 12.2. The molecule has 226 valence electrons. The largest absolute Gasteiger partial charge is 0.394 e. The molecule has 0 aromatic carbocycles. The summed E-state index contributed by atoms with van der Waals surface area (Å²) in [5.74, 6) is -0.554. The zero-order valence-electron chi connectivity index (χ0n) is 21.1. The van der Waals surface area contributed by atoms with E-state index in [4.69, 9.17) is 25.5 Å². The topological polar surface area (TPSA) is 305 Å². The van der Waals surface area contributed by atoms with E-state index in [0.717, 1.165) is 21.8 Å². The highest BCUT2D eigenvalue weighted by Gasteiger charge is 2.56. The Bertz CT molecular complexity index is 1770. The lowest BCUT2D eigenvalue weighted by molar-refractivity contribution is -0.0497. The van der Waals surface area contributed by atoms with E-state index >= 15 is 0 Å². The van der Waals surface area contributed by atoms with E-state index in [1.807, 2.05) is 0 Å². The molecule has 4 aromatic heterocycles. The van der Waals surface area contributed by atoms with Crippen molar-refractivity contribution in [2.45, 2.75) is 48.6 Å². The molecule has 6 heterocycles. The number of nitrogens with zero attached hydrogens (tertiary/aromatic N) is 7. The Morgan fingerprint density at radius 3 is 2.33 bits per heavy atom. The molecule has 2 aliphatic heterocycles. The van der Waals surface area contributed by atoms with Crippen molar-refractivity contribution >= 4 is 41.7 Å². The van der Waals surface area contributed by atoms with Crippen LogP contribution in [0.1, 0.15) is 12.5 Å². The van der Waals surface area contributed by atoms with E-state index < -0.39 is 81.1 Å². The van der Waals surface area contributed by atoms with E-state index in [-0.39, 0.29) is 34.1 Å². The molecule has 9 atom stereocenters. The minimum absolute atomic E-state index is 0.00575. The number of aromatic nitrogens is 8. The van der Waals surface area contributed by atoms with Gasteiger partial charge >= 0.3 is 13.7 Å². The predicted molar refractivity (Wildman–Crippen MR) is 135 cm³/mol. The number of nitrogens with two attached hydrogens (primary N) is 2. The highest BCUT2D eigenvalue weighted by Crippen LogP contribution is 2.57. The Kier molecular flexibility index (Phi) is 6.95. The summed E-state index contributed by atoms with van der Waals surface area (Å²) in [4.78, 5) is 44.3. The third-order valence-electron chi connectivity index (χ3n) is 7.07. The molecule has 0 bridgehead atoms. The van der Waals surface area contributed by atoms with Gasteiger partial charge in [-0.25, -0.2) is 9.97 Å². The molecule has 0 spiro atoms. The van der Waals surface area contributed by atoms with E-state index in [0.29, 0.717) is 0 Å². The van der Waals surface area contributed by atoms with E-state index in [2.05, 4.69) is 29.9 Å². The molecule has 6 rings (SSSR count). The van der Waals surface area contributed by atoms with Crippen LogP contribution in [0.25, 0.3) is 22.3 Å². The molecule has 0 aliphatic carbocycles. The fourth-order valence-electron chi connectivity index (χ4n) is 5.05. The SMILES string of the molecule is Nc1nc2c(ncn2[C@@H]2O[C@H](CO)[C@@H](O)[C@H]2P(=O)(O)OC[C@H]2O[C@@H](n3cnc4c(N)nc(F)nc43)[C@H](O)[C@@H]2O)c(=O)[nH]1. The second-order valence-electron chi connectivity index (χ2n) is 9.61. The summed E-state index contributed by atoms with van der Waals surface area (Å²) in [7, 11) is -4.93. The number of aliphatic hydroxyl groups is 4. The van der Waals surface area contributed by atoms with Gasteiger partial charge in [-0.1, -0.05) is 0 Å². The second-order valence-corrected chi connectivity index (χ2v) is 11.6. The van der Waals surface area contributed by atoms with Crippen LogP contribution in [-0.4, -0.2) is 114 Å². The minimum atomic E-state index is -4.93. The van der Waals surface area contributed by atoms with E-state index in [1.165, 1.54) is 0 Å². The number of H-pyrrole nitrogens is 1. The zero-order chi connectivity index (χ0) is 30.1. The van der Waals surface area contributed by atoms with E-state index in [1.54, 1.807) is 0 Å². The number of fused-ring (bicyclic) bond motifs is 2. The predicted octanol–water partition coefficient (Wildman–Crippen LogP) is -3.30. The number of aromatic amines is 1. The van der Waals surface area contributed by atoms with Crippen molar-refractivity contribution in [3.8, 4) is 0 Å². The number of ether oxygens (including phenoxy) is 2. The maximum absolute atomic E-state index is 13.8. The van der Waals surface area contributed by atoms with E-state index in [9.17, 15) is 39.1 Å². The quantitative estimate of drug-likeness (QED) is 0.0746. The van der Waals surface area contributed by atoms with Gasteiger partial charge < -0.3 is 50.8 Å². The van der Waals surface area contributed by atoms with Gasteiger partial charge in [0.1, 0.15) is 36.2 Å². The zero-order valence-corrected chi connectivity index (χ0v) is 22.0. The fourth-order valence-corrected chi connectivity index (χ4v) is 6.70. The number of nitrogen functional groups attached to an aromatic ring is 2. The minimum Gasteiger partial charge on any atom is -0.394 e. The molecule has 0 saturated carbocycles. The van der Waals surface area contributed by atoms with Crippen molar-refractivity contribution in [1.29, 1.82) is 0 Å². The third kappa shape index (κ3) is 4.51. The number of anilines is 2. The fraction of sp³-hybridized carbons (Fsp3) is 0.500. The van der Waals surface area contributed by atoms with Crippen molar-refractivity contribution < 1.29 is 48.3 Å². The van der Waals surface area contributed by atoms with Crippen molar-refractivity contribution in [3.05, 3.63) is 29.1 Å². The number of nitrogens with one attached hydrogen (secondary N) is 1. The summed E-state index contributed by atoms with van der Waals surface area (Å²) in [6.45, 7) is -1.53. The Hall–Kier alpha value is -3.66. The second kappa shape index (κ2) is 10.3. The van der Waals surface area contributed by atoms with Crippen molar-refractivity contribution in [3.63, 3.8) is 0 Å². The first kappa shape index (κ1) is 28.5. The lowest BCUT2D eigenvalue weighted by atomic mass is 10.1. The average Bonchev–Trinajstić information content (AvgIpc) is 3.68. The smallest absolute Gasteiger partial charge is 0.338 e. The van der Waals surface area contributed by atoms with Gasteiger partial charge in [0.05, 0.1) is 25.9 Å². The van der Waals surface area contributed by atoms with Crippen LogP contribution in [0.15, 0.2) is 17.4 Å². The third-order valence-corrected chi connectivity index (χ3v) is 8.91. The van der Waals surface area contributed by atoms with Crippen LogP contribution in [0.4, 0.5) is 16.2 Å². The monoisotopic (exact) mass is 614 g/mol. The Morgan fingerprint density at radius 1 is 0.976 bits per heavy atom. The lowest BCUT2D eigenvalue weighted by Crippen LogP contribution is -2.36. The molecule has 10 N–H and O–H groups in total. The Labute approximate surface area is 231 Å². The molecule has 0 amide bonds. The maximum atomic E-state index is 13.8. The summed E-state index contributed by atoms with van der Waals surface area (Å²) in [5, 5.41) is 41.7. The highest BCUT2D eigenvalue weighted by atomic mass is 31.2. The summed E-state index contributed by atoms with van der Waals surface area (Å²) in [5.41, 5.74) is 8.38. The summed E-state index contributed by atoms with van der Waals surface area (Å²) in [6, 6.07) is 0. The van der Waals surface area contributed by atoms with Crippen molar-refractivity contribution in [1.82, 2.24) is 39.0 Å². The molecular weight excluding hydrogens is 590 g/mol. The van der Waals surface area contributed by atoms with Gasteiger partial charge in [-0.15, -0.1) is 0 Å². The van der Waals surface area contributed by atoms with Crippen LogP contribution in [0.2, 0.25) is 0 Å². The molecule has 4 aromatic rings. The number of hydrogen-bond donors (Lipinski definition) is 8. The maximum Gasteiger partial charge on any atom is 0.338 e. The van der Waals surface area contributed by atoms with Gasteiger partial charge in [0.15, 0.2) is 40.6 Å². The average molecular weight is 614 g/mol. The van der Waals surface area contributed by atoms with Gasteiger partial charge in [-0.2, -0.15) is 19.3 Å². The number of rotatable bonds is 7. The Morgan fingerprint density at radius 2 is 1.62 bits per heavy atom. The van der Waals surface area contributed by atoms with Gasteiger partial charge in [-0.05, 0) is 0 Å². The molecular formula is C20H24FN10O10P. The van der Waals surface area contributed by atoms with Gasteiger partial charge in [0.2, 0.25) is 5.95 Å². The first-order chi connectivity index (χ1) is 19.9. The van der Waals surface area contributed by atoms with Crippen LogP contribution in [0.3, 0.4) is 0 Å². The van der Waals surface area contributed by atoms with Crippen LogP contribution in [-0.2, 0) is 18.6 Å². The highest BCUT2D eigenvalue weighted by molar-refractivity contribution is 7.53. The molecule has 2 fully saturated rings. The molecule has 20 nitrogen and oxygen atoms in total. The van der Waals surface area contributed by atoms with Crippen LogP contribution in [0, 0.1) is 6.08 Å². The Balaban J connectivity index is 1.25. The molecule has 0 radical (unpaired) electrons. The molecule has 1 unspecified atom stereocenters. The molecule has 22 heteroatoms. The number of imidazole rings is 2. The van der Waals surface area contributed by atoms with Gasteiger partial charge in [0.25, 0.3) is 5.56 Å². The number of halogens is 1. The van der Waals surface area contributed by atoms with Crippen LogP contribution < -0.4 is 17.0 Å². The first-order valence-corrected chi connectivity index (χ1v) is 13.9. The molecule has 2 saturated heterocycles. The normalized spacial score (nSPS) is 31.3. The standard InChI is InChI=1S/C20H24FN10O10P/c21-19-26-13(22)7-14(27-19)30(3-24-7)17-11(35)9(33)6(41-17)2-39-42(37,38)12-10(34)5(1-32)40-18(12)31-4-25-8-15(31)28-20(23)29-16(8)36/h3-6,9-12,17-18,32-35H,1-2H2,(H,37,38)(H2,22,26,27)(H3,23,28,29,36)/t5-,6-,9-,10-,11-,12-,17-,18-/m1/s1. The number of aliphatic hydroxyl groups excluding tert-OH is 4. The van der Waals surface area contributed by atoms with Crippen LogP contribution >= 0.6 is 7.60 Å². The van der Waals surface area contributed by atoms with Gasteiger partial charge in [-0.3, -0.25) is 23.5 Å². The molecule has 2 aliphatic rings. The summed E-state index contributed by atoms with van der Waals surface area (Å²) < 4.78 is 46.1.